The molecule has 15 nitrogen and oxygen atoms in total. The van der Waals surface area contributed by atoms with E-state index < -0.39 is 91.7 Å². The predicted molar refractivity (Wildman–Crippen MR) is 158 cm³/mol. The van der Waals surface area contributed by atoms with Crippen LogP contribution in [0.3, 0.4) is 0 Å². The summed E-state index contributed by atoms with van der Waals surface area (Å²) >= 11 is 0. The molecule has 1 aliphatic carbocycles. The molecule has 47 heavy (non-hydrogen) atoms. The van der Waals surface area contributed by atoms with Crippen LogP contribution in [0.25, 0.3) is 6.08 Å². The fourth-order valence-corrected chi connectivity index (χ4v) is 5.88. The van der Waals surface area contributed by atoms with Crippen molar-refractivity contribution < 1.29 is 73.4 Å². The molecule has 1 aromatic carbocycles. The van der Waals surface area contributed by atoms with E-state index in [1.165, 1.54) is 24.5 Å². The van der Waals surface area contributed by atoms with Crippen molar-refractivity contribution in [1.82, 2.24) is 0 Å². The van der Waals surface area contributed by atoms with Gasteiger partial charge in [0.15, 0.2) is 12.4 Å². The van der Waals surface area contributed by atoms with Gasteiger partial charge in [-0.05, 0) is 41.7 Å². The average Bonchev–Trinajstić information content (AvgIpc) is 3.28. The molecule has 4 rings (SSSR count). The monoisotopic (exact) mass is 666 g/mol. The van der Waals surface area contributed by atoms with Gasteiger partial charge < -0.3 is 59.1 Å². The number of rotatable bonds is 12. The molecule has 0 radical (unpaired) electrons. The fourth-order valence-electron chi connectivity index (χ4n) is 5.88. The van der Waals surface area contributed by atoms with Gasteiger partial charge in [0.25, 0.3) is 0 Å². The Morgan fingerprint density at radius 1 is 1.06 bits per heavy atom. The van der Waals surface area contributed by atoms with Gasteiger partial charge in [-0.25, -0.2) is 4.79 Å². The van der Waals surface area contributed by atoms with E-state index in [2.05, 4.69) is 0 Å². The molecule has 10 atom stereocenters. The highest BCUT2D eigenvalue weighted by Crippen LogP contribution is 2.49. The number of phenols is 1. The van der Waals surface area contributed by atoms with E-state index in [1.807, 2.05) is 13.8 Å². The maximum atomic E-state index is 12.7. The van der Waals surface area contributed by atoms with Gasteiger partial charge in [-0.3, -0.25) is 9.59 Å². The largest absolute Gasteiger partial charge is 0.508 e. The van der Waals surface area contributed by atoms with Crippen LogP contribution in [0.2, 0.25) is 0 Å². The summed E-state index contributed by atoms with van der Waals surface area (Å²) in [5, 5.41) is 62.9. The van der Waals surface area contributed by atoms with Crippen LogP contribution in [0, 0.1) is 17.8 Å². The number of aromatic hydroxyl groups is 1. The molecule has 2 aliphatic heterocycles. The summed E-state index contributed by atoms with van der Waals surface area (Å²) in [7, 11) is 0. The maximum absolute atomic E-state index is 12.7. The zero-order valence-electron chi connectivity index (χ0n) is 26.2. The highest BCUT2D eigenvalue weighted by atomic mass is 16.7. The zero-order chi connectivity index (χ0) is 34.5. The minimum Gasteiger partial charge on any atom is -0.508 e. The Labute approximate surface area is 270 Å². The minimum atomic E-state index is -2.07. The SMILES string of the molecule is CC(=O)OC[C@]1(O)[C@H]2[C@H](OC(=O)CC(C)C)OC=C(CO[C@@H]3O[C@H](CO)[C@@H](O)[C@H](O)[C@H]3OC(=O)/C=C/c3ccc(O)cc3)[C@H]2C[C@@H]1O. The lowest BCUT2D eigenvalue weighted by atomic mass is 9.80. The molecular formula is C32H42O15. The van der Waals surface area contributed by atoms with Gasteiger partial charge in [0.05, 0.1) is 31.5 Å². The number of carbonyl (C=O) groups excluding carboxylic acids is 3. The van der Waals surface area contributed by atoms with Crippen molar-refractivity contribution in [3.63, 3.8) is 0 Å². The first-order valence-electron chi connectivity index (χ1n) is 15.2. The van der Waals surface area contributed by atoms with Crippen LogP contribution < -0.4 is 0 Å². The number of carbonyl (C=O) groups is 3. The number of ether oxygens (including phenoxy) is 6. The van der Waals surface area contributed by atoms with Crippen LogP contribution in [0.1, 0.15) is 39.2 Å². The molecule has 0 spiro atoms. The number of benzene rings is 1. The topological polar surface area (TPSA) is 228 Å². The summed E-state index contributed by atoms with van der Waals surface area (Å²) in [5.41, 5.74) is -1.15. The number of esters is 3. The second-order valence-corrected chi connectivity index (χ2v) is 12.3. The molecule has 1 aromatic rings. The molecule has 1 saturated carbocycles. The Kier molecular flexibility index (Phi) is 12.0. The highest BCUT2D eigenvalue weighted by molar-refractivity contribution is 5.87. The van der Waals surface area contributed by atoms with E-state index in [9.17, 15) is 45.0 Å². The van der Waals surface area contributed by atoms with Crippen LogP contribution in [-0.4, -0.2) is 117 Å². The van der Waals surface area contributed by atoms with E-state index in [-0.39, 0.29) is 31.1 Å². The summed E-state index contributed by atoms with van der Waals surface area (Å²) in [5.74, 6) is -4.05. The summed E-state index contributed by atoms with van der Waals surface area (Å²) in [6.45, 7) is 3.13. The molecule has 0 aromatic heterocycles. The van der Waals surface area contributed by atoms with E-state index >= 15 is 0 Å². The van der Waals surface area contributed by atoms with E-state index in [0.29, 0.717) is 11.1 Å². The van der Waals surface area contributed by atoms with Crippen molar-refractivity contribution in [3.8, 4) is 5.75 Å². The zero-order valence-corrected chi connectivity index (χ0v) is 26.2. The van der Waals surface area contributed by atoms with Crippen molar-refractivity contribution in [2.45, 2.75) is 82.3 Å². The number of aliphatic hydroxyl groups is 5. The number of hydrogen-bond acceptors (Lipinski definition) is 15. The molecule has 260 valence electrons. The van der Waals surface area contributed by atoms with E-state index in [0.717, 1.165) is 13.0 Å². The normalized spacial score (nSPS) is 33.6. The minimum absolute atomic E-state index is 0.0343. The Balaban J connectivity index is 1.53. The number of phenolic OH excluding ortho intramolecular Hbond substituents is 1. The summed E-state index contributed by atoms with van der Waals surface area (Å²) < 4.78 is 33.3. The molecule has 2 fully saturated rings. The number of aliphatic hydroxyl groups excluding tert-OH is 4. The Morgan fingerprint density at radius 2 is 1.77 bits per heavy atom. The molecule has 0 bridgehead atoms. The first-order valence-corrected chi connectivity index (χ1v) is 15.2. The Morgan fingerprint density at radius 3 is 2.40 bits per heavy atom. The summed E-state index contributed by atoms with van der Waals surface area (Å²) in [4.78, 5) is 36.8. The molecular weight excluding hydrogens is 624 g/mol. The molecule has 0 amide bonds. The summed E-state index contributed by atoms with van der Waals surface area (Å²) in [6.07, 6.45) is -6.80. The summed E-state index contributed by atoms with van der Waals surface area (Å²) in [6, 6.07) is 5.95. The van der Waals surface area contributed by atoms with Crippen molar-refractivity contribution in [3.05, 3.63) is 47.7 Å². The van der Waals surface area contributed by atoms with Crippen LogP contribution in [0.15, 0.2) is 42.2 Å². The lowest BCUT2D eigenvalue weighted by Gasteiger charge is -2.42. The standard InChI is InChI=1S/C32H42O15/c1-16(2)10-25(38)47-30-26-21(11-23(36)32(26,41)15-44-17(3)34)19(13-42-30)14-43-31-29(28(40)27(39)22(12-33)45-31)46-24(37)9-6-18-4-7-20(35)8-5-18/h4-9,13,16,21-23,26-31,33,35-36,39-41H,10-12,14-15H2,1-3H3/b9-6+/t21-,22-,23+,26-,27-,28+,29-,30+,31-,32-/m1/s1. The average molecular weight is 667 g/mol. The smallest absolute Gasteiger partial charge is 0.331 e. The maximum Gasteiger partial charge on any atom is 0.331 e. The first kappa shape index (κ1) is 36.3. The molecule has 3 aliphatic rings. The third-order valence-electron chi connectivity index (χ3n) is 8.31. The quantitative estimate of drug-likeness (QED) is 0.0972. The third kappa shape index (κ3) is 8.67. The second kappa shape index (κ2) is 15.6. The van der Waals surface area contributed by atoms with Crippen molar-refractivity contribution in [1.29, 1.82) is 0 Å². The van der Waals surface area contributed by atoms with Crippen LogP contribution in [0.4, 0.5) is 0 Å². The lowest BCUT2D eigenvalue weighted by Crippen LogP contribution is -2.60. The van der Waals surface area contributed by atoms with Gasteiger partial charge in [0, 0.05) is 25.3 Å². The number of hydrogen-bond donors (Lipinski definition) is 6. The Bertz CT molecular complexity index is 1310. The molecule has 1 saturated heterocycles. The molecule has 0 unspecified atom stereocenters. The lowest BCUT2D eigenvalue weighted by molar-refractivity contribution is -0.302. The molecule has 6 N–H and O–H groups in total. The van der Waals surface area contributed by atoms with Gasteiger partial charge in [-0.2, -0.15) is 0 Å². The predicted octanol–water partition coefficient (Wildman–Crippen LogP) is -0.106. The van der Waals surface area contributed by atoms with Crippen LogP contribution in [0.5, 0.6) is 5.75 Å². The second-order valence-electron chi connectivity index (χ2n) is 12.3. The third-order valence-corrected chi connectivity index (χ3v) is 8.31. The Hall–Kier alpha value is -3.57. The highest BCUT2D eigenvalue weighted by Gasteiger charge is 2.61. The van der Waals surface area contributed by atoms with Crippen LogP contribution in [-0.2, 0) is 42.8 Å². The molecule has 15 heteroatoms. The fraction of sp³-hybridized carbons (Fsp3) is 0.594. The van der Waals surface area contributed by atoms with Crippen molar-refractivity contribution in [2.75, 3.05) is 19.8 Å². The van der Waals surface area contributed by atoms with Crippen LogP contribution >= 0.6 is 0 Å². The van der Waals surface area contributed by atoms with Crippen molar-refractivity contribution >= 4 is 24.0 Å². The van der Waals surface area contributed by atoms with Gasteiger partial charge in [0.1, 0.15) is 36.3 Å². The van der Waals surface area contributed by atoms with Gasteiger partial charge in [0.2, 0.25) is 6.29 Å². The first-order chi connectivity index (χ1) is 22.2. The van der Waals surface area contributed by atoms with Gasteiger partial charge in [-0.1, -0.05) is 26.0 Å². The molecule has 2 heterocycles. The number of fused-ring (bicyclic) bond motifs is 1. The van der Waals surface area contributed by atoms with Crippen molar-refractivity contribution in [2.24, 2.45) is 17.8 Å². The van der Waals surface area contributed by atoms with Gasteiger partial charge in [-0.15, -0.1) is 0 Å². The van der Waals surface area contributed by atoms with E-state index in [4.69, 9.17) is 28.4 Å². The van der Waals surface area contributed by atoms with Gasteiger partial charge >= 0.3 is 17.9 Å². The van der Waals surface area contributed by atoms with E-state index in [1.54, 1.807) is 12.1 Å².